The van der Waals surface area contributed by atoms with Gasteiger partial charge in [0.05, 0.1) is 18.4 Å². The van der Waals surface area contributed by atoms with Gasteiger partial charge in [-0.05, 0) is 30.5 Å². The summed E-state index contributed by atoms with van der Waals surface area (Å²) in [6.07, 6.45) is 0.729. The summed E-state index contributed by atoms with van der Waals surface area (Å²) in [5, 5.41) is 14.4. The van der Waals surface area contributed by atoms with Crippen molar-refractivity contribution in [3.8, 4) is 0 Å². The van der Waals surface area contributed by atoms with E-state index in [0.29, 0.717) is 12.1 Å². The molecule has 0 radical (unpaired) electrons. The van der Waals surface area contributed by atoms with E-state index in [-0.39, 0.29) is 24.4 Å². The first-order valence-corrected chi connectivity index (χ1v) is 8.50. The maximum Gasteiger partial charge on any atom is 0.339 e. The highest BCUT2D eigenvalue weighted by molar-refractivity contribution is 6.00. The van der Waals surface area contributed by atoms with Gasteiger partial charge in [-0.3, -0.25) is 4.79 Å². The molecule has 1 unspecified atom stereocenters. The summed E-state index contributed by atoms with van der Waals surface area (Å²) in [6.45, 7) is 0. The van der Waals surface area contributed by atoms with Gasteiger partial charge in [0.1, 0.15) is 0 Å². The highest BCUT2D eigenvalue weighted by atomic mass is 16.5. The van der Waals surface area contributed by atoms with E-state index in [0.717, 1.165) is 5.56 Å². The summed E-state index contributed by atoms with van der Waals surface area (Å²) in [5.41, 5.74) is 1.54. The van der Waals surface area contributed by atoms with E-state index in [4.69, 9.17) is 9.84 Å². The van der Waals surface area contributed by atoms with E-state index in [1.54, 1.807) is 24.3 Å². The molecule has 27 heavy (non-hydrogen) atoms. The fourth-order valence-electron chi connectivity index (χ4n) is 2.65. The third-order valence-electron chi connectivity index (χ3n) is 3.95. The summed E-state index contributed by atoms with van der Waals surface area (Å²) in [6, 6.07) is 15.1. The Balaban J connectivity index is 2.06. The Hall–Kier alpha value is -3.35. The average Bonchev–Trinajstić information content (AvgIpc) is 2.66. The Kier molecular flexibility index (Phi) is 7.37. The van der Waals surface area contributed by atoms with Crippen LogP contribution in [0.15, 0.2) is 54.6 Å². The van der Waals surface area contributed by atoms with Crippen LogP contribution in [0.25, 0.3) is 0 Å². The van der Waals surface area contributed by atoms with Crippen LogP contribution in [0.3, 0.4) is 0 Å². The van der Waals surface area contributed by atoms with E-state index >= 15 is 0 Å². The fraction of sp³-hybridized carbons (Fsp3) is 0.250. The first kappa shape index (κ1) is 20.0. The monoisotopic (exact) mass is 370 g/mol. The fourth-order valence-corrected chi connectivity index (χ4v) is 2.65. The van der Waals surface area contributed by atoms with Crippen molar-refractivity contribution in [3.63, 3.8) is 0 Å². The lowest BCUT2D eigenvalue weighted by molar-refractivity contribution is -0.137. The number of carbonyl (C=O) groups is 3. The Morgan fingerprint density at radius 3 is 2.37 bits per heavy atom. The van der Waals surface area contributed by atoms with Gasteiger partial charge in [-0.15, -0.1) is 0 Å². The molecule has 0 saturated carbocycles. The van der Waals surface area contributed by atoms with E-state index in [1.807, 2.05) is 30.3 Å². The van der Waals surface area contributed by atoms with Crippen molar-refractivity contribution in [2.24, 2.45) is 0 Å². The number of methoxy groups -OCH3 is 1. The zero-order valence-corrected chi connectivity index (χ0v) is 15.0. The molecule has 3 N–H and O–H groups in total. The molecule has 0 heterocycles. The molecule has 2 aromatic rings. The number of esters is 1. The largest absolute Gasteiger partial charge is 0.481 e. The second kappa shape index (κ2) is 9.96. The lowest BCUT2D eigenvalue weighted by atomic mass is 10.0. The third-order valence-corrected chi connectivity index (χ3v) is 3.95. The quantitative estimate of drug-likeness (QED) is 0.620. The van der Waals surface area contributed by atoms with Crippen molar-refractivity contribution < 1.29 is 24.2 Å². The van der Waals surface area contributed by atoms with Crippen LogP contribution >= 0.6 is 0 Å². The van der Waals surface area contributed by atoms with Gasteiger partial charge in [0, 0.05) is 12.5 Å². The summed E-state index contributed by atoms with van der Waals surface area (Å²) >= 11 is 0. The van der Waals surface area contributed by atoms with Gasteiger partial charge < -0.3 is 20.5 Å². The molecule has 0 aromatic heterocycles. The topological polar surface area (TPSA) is 105 Å². The maximum absolute atomic E-state index is 12.4. The number of ether oxygens (including phenoxy) is 1. The van der Waals surface area contributed by atoms with Crippen LogP contribution in [0, 0.1) is 0 Å². The van der Waals surface area contributed by atoms with Crippen LogP contribution in [0.5, 0.6) is 0 Å². The van der Waals surface area contributed by atoms with Crippen molar-refractivity contribution in [3.05, 3.63) is 65.7 Å². The molecule has 0 aliphatic heterocycles. The molecule has 0 aliphatic carbocycles. The van der Waals surface area contributed by atoms with E-state index in [2.05, 4.69) is 10.6 Å². The minimum atomic E-state index is -0.925. The second-order valence-corrected chi connectivity index (χ2v) is 5.95. The number of amides is 2. The van der Waals surface area contributed by atoms with Crippen LogP contribution in [-0.4, -0.2) is 36.2 Å². The van der Waals surface area contributed by atoms with Gasteiger partial charge in [-0.2, -0.15) is 0 Å². The van der Waals surface area contributed by atoms with Crippen molar-refractivity contribution in [2.45, 2.75) is 25.3 Å². The molecule has 2 amide bonds. The lowest BCUT2D eigenvalue weighted by Crippen LogP contribution is -2.40. The Morgan fingerprint density at radius 2 is 1.70 bits per heavy atom. The average molecular weight is 370 g/mol. The third kappa shape index (κ3) is 6.47. The van der Waals surface area contributed by atoms with Crippen molar-refractivity contribution in [2.75, 3.05) is 12.4 Å². The number of hydrogen-bond donors (Lipinski definition) is 3. The minimum Gasteiger partial charge on any atom is -0.481 e. The van der Waals surface area contributed by atoms with Crippen LogP contribution in [0.1, 0.15) is 28.8 Å². The molecule has 7 heteroatoms. The van der Waals surface area contributed by atoms with Crippen molar-refractivity contribution >= 4 is 23.7 Å². The van der Waals surface area contributed by atoms with Gasteiger partial charge in [0.25, 0.3) is 0 Å². The van der Waals surface area contributed by atoms with Gasteiger partial charge >= 0.3 is 18.0 Å². The highest BCUT2D eigenvalue weighted by Crippen LogP contribution is 2.16. The van der Waals surface area contributed by atoms with Gasteiger partial charge in [0.2, 0.25) is 0 Å². The first-order chi connectivity index (χ1) is 13.0. The zero-order chi connectivity index (χ0) is 19.6. The van der Waals surface area contributed by atoms with Crippen molar-refractivity contribution in [1.29, 1.82) is 0 Å². The van der Waals surface area contributed by atoms with E-state index < -0.39 is 18.0 Å². The smallest absolute Gasteiger partial charge is 0.339 e. The molecule has 0 aliphatic rings. The maximum atomic E-state index is 12.4. The summed E-state index contributed by atoms with van der Waals surface area (Å²) in [5.74, 6) is -1.48. The van der Waals surface area contributed by atoms with Crippen LogP contribution in [0.2, 0.25) is 0 Å². The number of carbonyl (C=O) groups excluding carboxylic acids is 2. The van der Waals surface area contributed by atoms with Crippen LogP contribution < -0.4 is 10.6 Å². The number of benzene rings is 2. The molecular formula is C20H22N2O5. The number of anilines is 1. The Labute approximate surface area is 157 Å². The molecule has 1 atom stereocenters. The summed E-state index contributed by atoms with van der Waals surface area (Å²) in [7, 11) is 1.26. The number of para-hydroxylation sites is 1. The predicted octanol–water partition coefficient (Wildman–Crippen LogP) is 3.07. The number of urea groups is 1. The Bertz CT molecular complexity index is 792. The first-order valence-electron chi connectivity index (χ1n) is 8.50. The predicted molar refractivity (Wildman–Crippen MR) is 101 cm³/mol. The Morgan fingerprint density at radius 1 is 1.04 bits per heavy atom. The van der Waals surface area contributed by atoms with Crippen LogP contribution in [-0.2, 0) is 16.0 Å². The summed E-state index contributed by atoms with van der Waals surface area (Å²) in [4.78, 5) is 35.1. The number of rotatable bonds is 8. The molecule has 2 aromatic carbocycles. The molecule has 2 rings (SSSR count). The minimum absolute atomic E-state index is 0.0590. The molecule has 0 fully saturated rings. The number of nitrogens with one attached hydrogen (secondary N) is 2. The SMILES string of the molecule is COC(=O)c1ccccc1NC(=O)NC(CCC(=O)O)Cc1ccccc1. The normalized spacial score (nSPS) is 11.3. The molecule has 7 nitrogen and oxygen atoms in total. The molecular weight excluding hydrogens is 348 g/mol. The second-order valence-electron chi connectivity index (χ2n) is 5.95. The number of carboxylic acids is 1. The number of aliphatic carboxylic acids is 1. The molecule has 0 saturated heterocycles. The number of carboxylic acid groups (broad SMARTS) is 1. The lowest BCUT2D eigenvalue weighted by Gasteiger charge is -2.19. The number of hydrogen-bond acceptors (Lipinski definition) is 4. The van der Waals surface area contributed by atoms with Crippen molar-refractivity contribution in [1.82, 2.24) is 5.32 Å². The standard InChI is InChI=1S/C20H22N2O5/c1-27-19(25)16-9-5-6-10-17(16)22-20(26)21-15(11-12-18(23)24)13-14-7-3-2-4-8-14/h2-10,15H,11-13H2,1H3,(H,23,24)(H2,21,22,26). The van der Waals surface area contributed by atoms with E-state index in [1.165, 1.54) is 7.11 Å². The molecule has 0 spiro atoms. The van der Waals surface area contributed by atoms with Gasteiger partial charge in [-0.25, -0.2) is 9.59 Å². The van der Waals surface area contributed by atoms with Gasteiger partial charge in [0.15, 0.2) is 0 Å². The molecule has 142 valence electrons. The zero-order valence-electron chi connectivity index (χ0n) is 15.0. The van der Waals surface area contributed by atoms with Crippen LogP contribution in [0.4, 0.5) is 10.5 Å². The highest BCUT2D eigenvalue weighted by Gasteiger charge is 2.17. The summed E-state index contributed by atoms with van der Waals surface area (Å²) < 4.78 is 4.71. The van der Waals surface area contributed by atoms with Gasteiger partial charge in [-0.1, -0.05) is 42.5 Å². The van der Waals surface area contributed by atoms with E-state index in [9.17, 15) is 14.4 Å². The molecule has 0 bridgehead atoms.